The number of phenolic OH excluding ortho intramolecular Hbond substituents is 1. The first-order chi connectivity index (χ1) is 14.6. The summed E-state index contributed by atoms with van der Waals surface area (Å²) in [6.07, 6.45) is 0. The van der Waals surface area contributed by atoms with E-state index in [1.807, 2.05) is 49.4 Å². The molecule has 4 aromatic rings. The van der Waals surface area contributed by atoms with Gasteiger partial charge in [-0.15, -0.1) is 0 Å². The van der Waals surface area contributed by atoms with Crippen molar-refractivity contribution in [2.24, 2.45) is 0 Å². The number of rotatable bonds is 5. The fourth-order valence-electron chi connectivity index (χ4n) is 3.02. The van der Waals surface area contributed by atoms with Crippen molar-refractivity contribution in [1.29, 1.82) is 0 Å². The first-order valence-electron chi connectivity index (χ1n) is 9.45. The average Bonchev–Trinajstić information content (AvgIpc) is 2.76. The highest BCUT2D eigenvalue weighted by Gasteiger charge is 2.09. The number of aromatic nitrogens is 2. The van der Waals surface area contributed by atoms with Crippen molar-refractivity contribution in [2.45, 2.75) is 6.92 Å². The van der Waals surface area contributed by atoms with Crippen LogP contribution in [0.1, 0.15) is 16.2 Å². The van der Waals surface area contributed by atoms with Gasteiger partial charge < -0.3 is 15.7 Å². The molecule has 148 valence electrons. The van der Waals surface area contributed by atoms with Crippen LogP contribution in [0.25, 0.3) is 11.3 Å². The number of carbonyl (C=O) groups excluding carboxylic acids is 1. The number of phenols is 1. The van der Waals surface area contributed by atoms with Gasteiger partial charge in [0.1, 0.15) is 17.4 Å². The third kappa shape index (κ3) is 4.62. The van der Waals surface area contributed by atoms with E-state index < -0.39 is 0 Å². The van der Waals surface area contributed by atoms with Crippen molar-refractivity contribution in [3.8, 4) is 17.0 Å². The molecular formula is C24H20N4O2. The molecule has 0 saturated carbocycles. The minimum atomic E-state index is -0.242. The highest BCUT2D eigenvalue weighted by atomic mass is 16.3. The zero-order valence-electron chi connectivity index (χ0n) is 16.3. The molecule has 3 aromatic carbocycles. The molecule has 0 saturated heterocycles. The van der Waals surface area contributed by atoms with E-state index in [1.165, 1.54) is 12.1 Å². The minimum absolute atomic E-state index is 0.147. The van der Waals surface area contributed by atoms with Crippen LogP contribution < -0.4 is 10.6 Å². The van der Waals surface area contributed by atoms with Crippen LogP contribution in [-0.4, -0.2) is 21.0 Å². The first-order valence-corrected chi connectivity index (χ1v) is 9.45. The molecule has 3 N–H and O–H groups in total. The molecule has 0 fully saturated rings. The fourth-order valence-corrected chi connectivity index (χ4v) is 3.02. The molecule has 0 radical (unpaired) electrons. The molecule has 30 heavy (non-hydrogen) atoms. The normalized spacial score (nSPS) is 10.4. The predicted octanol–water partition coefficient (Wildman–Crippen LogP) is 5.15. The summed E-state index contributed by atoms with van der Waals surface area (Å²) in [6.45, 7) is 1.85. The van der Waals surface area contributed by atoms with Crippen molar-refractivity contribution < 1.29 is 9.90 Å². The summed E-state index contributed by atoms with van der Waals surface area (Å²) in [7, 11) is 0. The Kier molecular flexibility index (Phi) is 5.39. The smallest absolute Gasteiger partial charge is 0.255 e. The number of benzene rings is 3. The molecule has 1 heterocycles. The van der Waals surface area contributed by atoms with Gasteiger partial charge >= 0.3 is 0 Å². The van der Waals surface area contributed by atoms with Gasteiger partial charge in [0.15, 0.2) is 0 Å². The highest BCUT2D eigenvalue weighted by Crippen LogP contribution is 2.23. The Bertz CT molecular complexity index is 1180. The number of aromatic hydroxyl groups is 1. The van der Waals surface area contributed by atoms with Crippen LogP contribution in [0.4, 0.5) is 17.2 Å². The molecule has 0 aliphatic heterocycles. The van der Waals surface area contributed by atoms with Crippen LogP contribution >= 0.6 is 0 Å². The number of hydrogen-bond acceptors (Lipinski definition) is 5. The van der Waals surface area contributed by atoms with Gasteiger partial charge in [0.05, 0.1) is 5.69 Å². The Morgan fingerprint density at radius 3 is 2.37 bits per heavy atom. The lowest BCUT2D eigenvalue weighted by Gasteiger charge is -2.11. The van der Waals surface area contributed by atoms with Crippen LogP contribution in [0.3, 0.4) is 0 Å². The molecule has 0 atom stereocenters. The third-order valence-electron chi connectivity index (χ3n) is 4.43. The van der Waals surface area contributed by atoms with Crippen molar-refractivity contribution in [3.05, 3.63) is 96.3 Å². The molecule has 1 aromatic heterocycles. The fraction of sp³-hybridized carbons (Fsp3) is 0.0417. The lowest BCUT2D eigenvalue weighted by molar-refractivity contribution is 0.102. The molecule has 0 unspecified atom stereocenters. The Labute approximate surface area is 174 Å². The molecule has 0 bridgehead atoms. The largest absolute Gasteiger partial charge is 0.508 e. The second-order valence-electron chi connectivity index (χ2n) is 6.76. The summed E-state index contributed by atoms with van der Waals surface area (Å²) in [5.74, 6) is 1.21. The zero-order valence-corrected chi connectivity index (χ0v) is 16.3. The summed E-state index contributed by atoms with van der Waals surface area (Å²) in [5.41, 5.74) is 3.68. The summed E-state index contributed by atoms with van der Waals surface area (Å²) in [5, 5.41) is 15.4. The molecule has 4 rings (SSSR count). The molecule has 0 aliphatic carbocycles. The van der Waals surface area contributed by atoms with Gasteiger partial charge in [-0.05, 0) is 49.4 Å². The van der Waals surface area contributed by atoms with E-state index in [4.69, 9.17) is 0 Å². The van der Waals surface area contributed by atoms with Gasteiger partial charge in [0, 0.05) is 28.6 Å². The first kappa shape index (κ1) is 19.1. The van der Waals surface area contributed by atoms with E-state index in [9.17, 15) is 9.90 Å². The minimum Gasteiger partial charge on any atom is -0.508 e. The van der Waals surface area contributed by atoms with Crippen LogP contribution in [0.15, 0.2) is 84.9 Å². The second-order valence-corrected chi connectivity index (χ2v) is 6.76. The second kappa shape index (κ2) is 8.45. The molecule has 0 spiro atoms. The lowest BCUT2D eigenvalue weighted by Crippen LogP contribution is -2.12. The van der Waals surface area contributed by atoms with Gasteiger partial charge in [0.2, 0.25) is 0 Å². The topological polar surface area (TPSA) is 87.1 Å². The molecule has 6 nitrogen and oxygen atoms in total. The van der Waals surface area contributed by atoms with E-state index in [1.54, 1.807) is 30.3 Å². The quantitative estimate of drug-likeness (QED) is 0.406. The SMILES string of the molecule is Cc1nc(Nc2cccc(C(=O)Nc3ccc(O)cc3)c2)cc(-c2ccccc2)n1. The molecule has 0 aliphatic rings. The third-order valence-corrected chi connectivity index (χ3v) is 4.43. The number of amides is 1. The van der Waals surface area contributed by atoms with Crippen LogP contribution in [0, 0.1) is 6.92 Å². The van der Waals surface area contributed by atoms with Crippen molar-refractivity contribution >= 4 is 23.1 Å². The molecule has 1 amide bonds. The van der Waals surface area contributed by atoms with E-state index in [0.29, 0.717) is 22.9 Å². The van der Waals surface area contributed by atoms with Crippen LogP contribution in [0.2, 0.25) is 0 Å². The standard InChI is InChI=1S/C24H20N4O2/c1-16-25-22(17-6-3-2-4-7-17)15-23(26-16)27-20-9-5-8-18(14-20)24(30)28-19-10-12-21(29)13-11-19/h2-15,29H,1H3,(H,28,30)(H,25,26,27). The Morgan fingerprint density at radius 1 is 0.833 bits per heavy atom. The Balaban J connectivity index is 1.54. The zero-order chi connectivity index (χ0) is 20.9. The van der Waals surface area contributed by atoms with Crippen molar-refractivity contribution in [3.63, 3.8) is 0 Å². The number of carbonyl (C=O) groups is 1. The lowest BCUT2D eigenvalue weighted by atomic mass is 10.1. The summed E-state index contributed by atoms with van der Waals surface area (Å²) in [6, 6.07) is 25.3. The number of anilines is 3. The van der Waals surface area contributed by atoms with Crippen molar-refractivity contribution in [2.75, 3.05) is 10.6 Å². The van der Waals surface area contributed by atoms with Gasteiger partial charge in [0.25, 0.3) is 5.91 Å². The van der Waals surface area contributed by atoms with E-state index in [-0.39, 0.29) is 11.7 Å². The van der Waals surface area contributed by atoms with E-state index in [0.717, 1.165) is 16.9 Å². The van der Waals surface area contributed by atoms with Crippen LogP contribution in [0.5, 0.6) is 5.75 Å². The molecular weight excluding hydrogens is 376 g/mol. The van der Waals surface area contributed by atoms with Crippen LogP contribution in [-0.2, 0) is 0 Å². The summed E-state index contributed by atoms with van der Waals surface area (Å²) >= 11 is 0. The maximum Gasteiger partial charge on any atom is 0.255 e. The number of nitrogens with zero attached hydrogens (tertiary/aromatic N) is 2. The average molecular weight is 396 g/mol. The maximum atomic E-state index is 12.6. The Hall–Kier alpha value is -4.19. The van der Waals surface area contributed by atoms with Crippen molar-refractivity contribution in [1.82, 2.24) is 9.97 Å². The highest BCUT2D eigenvalue weighted by molar-refractivity contribution is 6.04. The monoisotopic (exact) mass is 396 g/mol. The Morgan fingerprint density at radius 2 is 1.60 bits per heavy atom. The van der Waals surface area contributed by atoms with E-state index >= 15 is 0 Å². The number of aryl methyl sites for hydroxylation is 1. The summed E-state index contributed by atoms with van der Waals surface area (Å²) in [4.78, 5) is 21.5. The number of hydrogen-bond donors (Lipinski definition) is 3. The van der Waals surface area contributed by atoms with Gasteiger partial charge in [-0.1, -0.05) is 36.4 Å². The summed E-state index contributed by atoms with van der Waals surface area (Å²) < 4.78 is 0. The van der Waals surface area contributed by atoms with E-state index in [2.05, 4.69) is 20.6 Å². The van der Waals surface area contributed by atoms with Gasteiger partial charge in [-0.3, -0.25) is 4.79 Å². The van der Waals surface area contributed by atoms with Gasteiger partial charge in [-0.25, -0.2) is 9.97 Å². The predicted molar refractivity (Wildman–Crippen MR) is 118 cm³/mol. The molecule has 6 heteroatoms. The number of nitrogens with one attached hydrogen (secondary N) is 2. The van der Waals surface area contributed by atoms with Gasteiger partial charge in [-0.2, -0.15) is 0 Å². The maximum absolute atomic E-state index is 12.6.